The third kappa shape index (κ3) is 5.16. The molecular formula is C22H25Cl2N5. The minimum atomic E-state index is 0.491. The fourth-order valence-corrected chi connectivity index (χ4v) is 4.42. The lowest BCUT2D eigenvalue weighted by Gasteiger charge is -2.32. The molecule has 2 heterocycles. The Balaban J connectivity index is 1.26. The van der Waals surface area contributed by atoms with Gasteiger partial charge in [0.05, 0.1) is 10.0 Å². The summed E-state index contributed by atoms with van der Waals surface area (Å²) < 4.78 is 1.82. The molecule has 2 aromatic carbocycles. The van der Waals surface area contributed by atoms with E-state index in [1.807, 2.05) is 16.8 Å². The number of piperidine rings is 1. The van der Waals surface area contributed by atoms with Crippen molar-refractivity contribution in [1.29, 1.82) is 0 Å². The molecule has 4 rings (SSSR count). The van der Waals surface area contributed by atoms with Crippen LogP contribution in [0.2, 0.25) is 10.0 Å². The van der Waals surface area contributed by atoms with Crippen molar-refractivity contribution in [2.24, 2.45) is 5.92 Å². The fourth-order valence-electron chi connectivity index (χ4n) is 4.03. The minimum Gasteiger partial charge on any atom is -0.303 e. The van der Waals surface area contributed by atoms with E-state index in [0.29, 0.717) is 15.9 Å². The highest BCUT2D eigenvalue weighted by molar-refractivity contribution is 6.43. The van der Waals surface area contributed by atoms with Crippen LogP contribution in [0.25, 0.3) is 11.4 Å². The lowest BCUT2D eigenvalue weighted by Crippen LogP contribution is -2.35. The summed E-state index contributed by atoms with van der Waals surface area (Å²) in [7, 11) is 0. The SMILES string of the molecule is Clc1cccc(-c2nnnn2CCCN2CCC(Cc3ccccc3)CC2)c1Cl. The van der Waals surface area contributed by atoms with Crippen LogP contribution in [-0.4, -0.2) is 44.7 Å². The average molecular weight is 430 g/mol. The molecule has 0 amide bonds. The van der Waals surface area contributed by atoms with Crippen molar-refractivity contribution in [3.63, 3.8) is 0 Å². The molecule has 7 heteroatoms. The Kier molecular flexibility index (Phi) is 6.80. The molecule has 1 saturated heterocycles. The predicted molar refractivity (Wildman–Crippen MR) is 117 cm³/mol. The number of likely N-dealkylation sites (tertiary alicyclic amines) is 1. The van der Waals surface area contributed by atoms with Gasteiger partial charge in [0.15, 0.2) is 5.82 Å². The van der Waals surface area contributed by atoms with E-state index in [1.165, 1.54) is 37.9 Å². The number of rotatable bonds is 7. The molecule has 1 fully saturated rings. The van der Waals surface area contributed by atoms with Gasteiger partial charge in [0, 0.05) is 12.1 Å². The molecule has 0 radical (unpaired) electrons. The third-order valence-corrected chi connectivity index (χ3v) is 6.46. The number of benzene rings is 2. The number of aryl methyl sites for hydroxylation is 1. The van der Waals surface area contributed by atoms with Crippen molar-refractivity contribution < 1.29 is 0 Å². The Morgan fingerprint density at radius 2 is 1.72 bits per heavy atom. The van der Waals surface area contributed by atoms with Crippen molar-refractivity contribution in [3.05, 3.63) is 64.1 Å². The van der Waals surface area contributed by atoms with E-state index in [1.54, 1.807) is 6.07 Å². The van der Waals surface area contributed by atoms with Crippen LogP contribution in [0.5, 0.6) is 0 Å². The highest BCUT2D eigenvalue weighted by Gasteiger charge is 2.20. The largest absolute Gasteiger partial charge is 0.303 e. The zero-order valence-corrected chi connectivity index (χ0v) is 17.9. The maximum atomic E-state index is 6.33. The van der Waals surface area contributed by atoms with Gasteiger partial charge in [-0.2, -0.15) is 0 Å². The van der Waals surface area contributed by atoms with Crippen molar-refractivity contribution in [2.75, 3.05) is 19.6 Å². The van der Waals surface area contributed by atoms with Gasteiger partial charge < -0.3 is 4.90 Å². The van der Waals surface area contributed by atoms with Crippen LogP contribution < -0.4 is 0 Å². The van der Waals surface area contributed by atoms with E-state index in [-0.39, 0.29) is 0 Å². The summed E-state index contributed by atoms with van der Waals surface area (Å²) in [6, 6.07) is 16.4. The highest BCUT2D eigenvalue weighted by atomic mass is 35.5. The van der Waals surface area contributed by atoms with Crippen molar-refractivity contribution in [3.8, 4) is 11.4 Å². The first kappa shape index (κ1) is 20.3. The van der Waals surface area contributed by atoms with Crippen LogP contribution in [0, 0.1) is 5.92 Å². The topological polar surface area (TPSA) is 46.8 Å². The first-order valence-electron chi connectivity index (χ1n) is 10.2. The second-order valence-corrected chi connectivity index (χ2v) is 8.44. The molecule has 0 spiro atoms. The molecule has 5 nitrogen and oxygen atoms in total. The van der Waals surface area contributed by atoms with Crippen LogP contribution in [0.1, 0.15) is 24.8 Å². The van der Waals surface area contributed by atoms with Gasteiger partial charge >= 0.3 is 0 Å². The van der Waals surface area contributed by atoms with Gasteiger partial charge in [-0.25, -0.2) is 4.68 Å². The minimum absolute atomic E-state index is 0.491. The Hall–Kier alpha value is -1.95. The quantitative estimate of drug-likeness (QED) is 0.530. The summed E-state index contributed by atoms with van der Waals surface area (Å²) in [5.74, 6) is 1.46. The molecule has 0 aliphatic carbocycles. The monoisotopic (exact) mass is 429 g/mol. The summed E-state index contributed by atoms with van der Waals surface area (Å²) in [4.78, 5) is 2.55. The van der Waals surface area contributed by atoms with Crippen LogP contribution in [0.4, 0.5) is 0 Å². The van der Waals surface area contributed by atoms with Crippen molar-refractivity contribution >= 4 is 23.2 Å². The first-order chi connectivity index (χ1) is 14.2. The maximum absolute atomic E-state index is 6.33. The molecule has 29 heavy (non-hydrogen) atoms. The molecule has 0 N–H and O–H groups in total. The highest BCUT2D eigenvalue weighted by Crippen LogP contribution is 2.32. The van der Waals surface area contributed by atoms with Gasteiger partial charge in [0.25, 0.3) is 0 Å². The Morgan fingerprint density at radius 3 is 2.52 bits per heavy atom. The number of hydrogen-bond donors (Lipinski definition) is 0. The second-order valence-electron chi connectivity index (χ2n) is 7.66. The molecule has 1 aliphatic heterocycles. The molecule has 1 aromatic heterocycles. The predicted octanol–water partition coefficient (Wildman–Crippen LogP) is 4.99. The third-order valence-electron chi connectivity index (χ3n) is 5.64. The number of halogens is 2. The normalized spacial score (nSPS) is 15.7. The van der Waals surface area contributed by atoms with Crippen LogP contribution >= 0.6 is 23.2 Å². The number of tetrazole rings is 1. The van der Waals surface area contributed by atoms with E-state index in [4.69, 9.17) is 23.2 Å². The Labute approximate surface area is 181 Å². The van der Waals surface area contributed by atoms with E-state index >= 15 is 0 Å². The second kappa shape index (κ2) is 9.70. The average Bonchev–Trinajstić information content (AvgIpc) is 3.20. The zero-order valence-electron chi connectivity index (χ0n) is 16.3. The maximum Gasteiger partial charge on any atom is 0.183 e. The van der Waals surface area contributed by atoms with Gasteiger partial charge in [-0.1, -0.05) is 59.6 Å². The Morgan fingerprint density at radius 1 is 0.931 bits per heavy atom. The zero-order chi connectivity index (χ0) is 20.1. The molecule has 0 bridgehead atoms. The van der Waals surface area contributed by atoms with Gasteiger partial charge in [0.2, 0.25) is 0 Å². The fraction of sp³-hybridized carbons (Fsp3) is 0.409. The van der Waals surface area contributed by atoms with Gasteiger partial charge in [-0.05, 0) is 79.4 Å². The summed E-state index contributed by atoms with van der Waals surface area (Å²) in [5.41, 5.74) is 2.22. The van der Waals surface area contributed by atoms with Crippen molar-refractivity contribution in [2.45, 2.75) is 32.2 Å². The Bertz CT molecular complexity index is 920. The molecule has 0 atom stereocenters. The standard InChI is InChI=1S/C22H25Cl2N5/c23-20-9-4-8-19(21(20)24)22-25-26-27-29(22)13-5-12-28-14-10-18(11-15-28)16-17-6-2-1-3-7-17/h1-4,6-9,18H,5,10-16H2. The first-order valence-corrected chi connectivity index (χ1v) is 10.9. The molecular weight excluding hydrogens is 405 g/mol. The molecule has 0 unspecified atom stereocenters. The molecule has 1 aliphatic rings. The van der Waals surface area contributed by atoms with E-state index in [0.717, 1.165) is 31.0 Å². The van der Waals surface area contributed by atoms with Gasteiger partial charge in [0.1, 0.15) is 0 Å². The van der Waals surface area contributed by atoms with E-state index in [9.17, 15) is 0 Å². The summed E-state index contributed by atoms with van der Waals surface area (Å²) in [6.45, 7) is 4.15. The number of aromatic nitrogens is 4. The summed E-state index contributed by atoms with van der Waals surface area (Å²) >= 11 is 12.5. The summed E-state index contributed by atoms with van der Waals surface area (Å²) in [5, 5.41) is 13.1. The van der Waals surface area contributed by atoms with Gasteiger partial charge in [-0.15, -0.1) is 5.10 Å². The van der Waals surface area contributed by atoms with Crippen LogP contribution in [0.15, 0.2) is 48.5 Å². The number of nitrogens with zero attached hydrogens (tertiary/aromatic N) is 5. The lowest BCUT2D eigenvalue weighted by atomic mass is 9.90. The molecule has 152 valence electrons. The number of hydrogen-bond acceptors (Lipinski definition) is 4. The van der Waals surface area contributed by atoms with E-state index in [2.05, 4.69) is 50.8 Å². The smallest absolute Gasteiger partial charge is 0.183 e. The van der Waals surface area contributed by atoms with Gasteiger partial charge in [-0.3, -0.25) is 0 Å². The molecule has 3 aromatic rings. The summed E-state index contributed by atoms with van der Waals surface area (Å²) in [6.07, 6.45) is 4.73. The van der Waals surface area contributed by atoms with Crippen LogP contribution in [-0.2, 0) is 13.0 Å². The van der Waals surface area contributed by atoms with Crippen LogP contribution in [0.3, 0.4) is 0 Å². The van der Waals surface area contributed by atoms with E-state index < -0.39 is 0 Å². The lowest BCUT2D eigenvalue weighted by molar-refractivity contribution is 0.179. The molecule has 0 saturated carbocycles. The van der Waals surface area contributed by atoms with Crippen molar-refractivity contribution in [1.82, 2.24) is 25.1 Å².